The highest BCUT2D eigenvalue weighted by atomic mass is 35.5. The number of morpholine rings is 1. The van der Waals surface area contributed by atoms with Gasteiger partial charge in [0.15, 0.2) is 11.0 Å². The van der Waals surface area contributed by atoms with Crippen LogP contribution in [0.15, 0.2) is 29.4 Å². The molecule has 3 rings (SSSR count). The maximum atomic E-state index is 12.4. The molecule has 1 aliphatic rings. The molecular formula is C17H21ClN4O2S. The van der Waals surface area contributed by atoms with Crippen LogP contribution < -0.4 is 0 Å². The number of thioether (sulfide) groups is 1. The highest BCUT2D eigenvalue weighted by molar-refractivity contribution is 7.99. The molecule has 1 unspecified atom stereocenters. The maximum absolute atomic E-state index is 12.4. The van der Waals surface area contributed by atoms with Crippen molar-refractivity contribution < 1.29 is 9.53 Å². The normalized spacial score (nSPS) is 17.7. The van der Waals surface area contributed by atoms with E-state index in [1.54, 1.807) is 0 Å². The predicted octanol–water partition coefficient (Wildman–Crippen LogP) is 2.96. The van der Waals surface area contributed by atoms with Gasteiger partial charge in [0, 0.05) is 30.2 Å². The van der Waals surface area contributed by atoms with Crippen molar-refractivity contribution >= 4 is 29.3 Å². The lowest BCUT2D eigenvalue weighted by Gasteiger charge is -2.31. The maximum Gasteiger partial charge on any atom is 0.233 e. The Morgan fingerprint density at radius 2 is 2.12 bits per heavy atom. The minimum atomic E-state index is 0.0958. The van der Waals surface area contributed by atoms with Crippen LogP contribution in [-0.4, -0.2) is 57.1 Å². The number of hydrogen-bond donors (Lipinski definition) is 0. The quantitative estimate of drug-likeness (QED) is 0.746. The molecule has 0 spiro atoms. The molecule has 1 atom stereocenters. The predicted molar refractivity (Wildman–Crippen MR) is 98.9 cm³/mol. The summed E-state index contributed by atoms with van der Waals surface area (Å²) in [6.45, 7) is 6.66. The lowest BCUT2D eigenvalue weighted by Crippen LogP contribution is -2.45. The van der Waals surface area contributed by atoms with Gasteiger partial charge in [-0.15, -0.1) is 10.2 Å². The molecule has 134 valence electrons. The fourth-order valence-corrected chi connectivity index (χ4v) is 3.79. The fraction of sp³-hybridized carbons (Fsp3) is 0.471. The van der Waals surface area contributed by atoms with E-state index in [9.17, 15) is 4.79 Å². The average Bonchev–Trinajstić information content (AvgIpc) is 3.03. The van der Waals surface area contributed by atoms with E-state index in [0.29, 0.717) is 30.5 Å². The number of halogens is 1. The van der Waals surface area contributed by atoms with Gasteiger partial charge in [-0.2, -0.15) is 0 Å². The Morgan fingerprint density at radius 1 is 1.36 bits per heavy atom. The standard InChI is InChI=1S/C17H21ClN4O2S/c1-3-22-16(13-4-6-14(18)7-5-13)19-20-17(22)25-11-15(23)21-8-9-24-12(2)10-21/h4-7,12H,3,8-11H2,1-2H3. The molecule has 1 fully saturated rings. The molecule has 1 aromatic heterocycles. The van der Waals surface area contributed by atoms with Gasteiger partial charge >= 0.3 is 0 Å². The molecular weight excluding hydrogens is 360 g/mol. The number of aromatic nitrogens is 3. The topological polar surface area (TPSA) is 60.2 Å². The second kappa shape index (κ2) is 8.21. The molecule has 2 aromatic rings. The van der Waals surface area contributed by atoms with Gasteiger partial charge in [-0.1, -0.05) is 23.4 Å². The van der Waals surface area contributed by atoms with Gasteiger partial charge in [-0.25, -0.2) is 0 Å². The highest BCUT2D eigenvalue weighted by Gasteiger charge is 2.22. The summed E-state index contributed by atoms with van der Waals surface area (Å²) in [5, 5.41) is 10.00. The molecule has 0 N–H and O–H groups in total. The van der Waals surface area contributed by atoms with Crippen LogP contribution in [0.5, 0.6) is 0 Å². The Morgan fingerprint density at radius 3 is 2.80 bits per heavy atom. The lowest BCUT2D eigenvalue weighted by atomic mass is 10.2. The molecule has 25 heavy (non-hydrogen) atoms. The summed E-state index contributed by atoms with van der Waals surface area (Å²) in [4.78, 5) is 14.3. The molecule has 0 radical (unpaired) electrons. The molecule has 0 aliphatic carbocycles. The van der Waals surface area contributed by atoms with Gasteiger partial charge in [0.25, 0.3) is 0 Å². The van der Waals surface area contributed by atoms with Crippen molar-refractivity contribution in [2.45, 2.75) is 31.7 Å². The number of nitrogens with zero attached hydrogens (tertiary/aromatic N) is 4. The fourth-order valence-electron chi connectivity index (χ4n) is 2.76. The molecule has 1 aliphatic heterocycles. The summed E-state index contributed by atoms with van der Waals surface area (Å²) < 4.78 is 7.50. The zero-order valence-electron chi connectivity index (χ0n) is 14.3. The third-order valence-corrected chi connectivity index (χ3v) is 5.26. The first-order valence-corrected chi connectivity index (χ1v) is 9.66. The van der Waals surface area contributed by atoms with E-state index < -0.39 is 0 Å². The van der Waals surface area contributed by atoms with Crippen LogP contribution >= 0.6 is 23.4 Å². The van der Waals surface area contributed by atoms with Gasteiger partial charge in [0.1, 0.15) is 0 Å². The van der Waals surface area contributed by atoms with E-state index in [2.05, 4.69) is 10.2 Å². The average molecular weight is 381 g/mol. The Kier molecular flexibility index (Phi) is 5.98. The first-order valence-electron chi connectivity index (χ1n) is 8.29. The Labute approximate surface area is 156 Å². The van der Waals surface area contributed by atoms with E-state index >= 15 is 0 Å². The minimum Gasteiger partial charge on any atom is -0.375 e. The summed E-state index contributed by atoms with van der Waals surface area (Å²) in [5.41, 5.74) is 0.957. The molecule has 6 nitrogen and oxygen atoms in total. The molecule has 0 saturated carbocycles. The molecule has 1 saturated heterocycles. The van der Waals surface area contributed by atoms with Crippen molar-refractivity contribution in [1.29, 1.82) is 0 Å². The van der Waals surface area contributed by atoms with Crippen molar-refractivity contribution in [1.82, 2.24) is 19.7 Å². The molecule has 1 amide bonds. The molecule has 8 heteroatoms. The number of carbonyl (C=O) groups excluding carboxylic acids is 1. The monoisotopic (exact) mass is 380 g/mol. The highest BCUT2D eigenvalue weighted by Crippen LogP contribution is 2.25. The van der Waals surface area contributed by atoms with Gasteiger partial charge in [0.2, 0.25) is 5.91 Å². The van der Waals surface area contributed by atoms with Crippen LogP contribution in [0.4, 0.5) is 0 Å². The Bertz CT molecular complexity index is 735. The van der Waals surface area contributed by atoms with Crippen molar-refractivity contribution in [2.75, 3.05) is 25.4 Å². The van der Waals surface area contributed by atoms with Crippen LogP contribution in [0.25, 0.3) is 11.4 Å². The number of rotatable bonds is 5. The van der Waals surface area contributed by atoms with Crippen LogP contribution in [0.1, 0.15) is 13.8 Å². The van der Waals surface area contributed by atoms with Crippen molar-refractivity contribution in [3.05, 3.63) is 29.3 Å². The summed E-state index contributed by atoms with van der Waals surface area (Å²) in [6.07, 6.45) is 0.0958. The zero-order chi connectivity index (χ0) is 17.8. The Hall–Kier alpha value is -1.57. The number of carbonyl (C=O) groups is 1. The van der Waals surface area contributed by atoms with E-state index in [1.165, 1.54) is 11.8 Å². The molecule has 1 aromatic carbocycles. The first kappa shape index (κ1) is 18.2. The van der Waals surface area contributed by atoms with Crippen molar-refractivity contribution in [3.63, 3.8) is 0 Å². The number of amides is 1. The second-order valence-electron chi connectivity index (χ2n) is 5.87. The zero-order valence-corrected chi connectivity index (χ0v) is 15.9. The number of ether oxygens (including phenoxy) is 1. The summed E-state index contributed by atoms with van der Waals surface area (Å²) in [6, 6.07) is 7.52. The molecule has 0 bridgehead atoms. The second-order valence-corrected chi connectivity index (χ2v) is 7.25. The lowest BCUT2D eigenvalue weighted by molar-refractivity contribution is -0.135. The van der Waals surface area contributed by atoms with Gasteiger partial charge in [-0.05, 0) is 38.1 Å². The SMILES string of the molecule is CCn1c(SCC(=O)N2CCOC(C)C2)nnc1-c1ccc(Cl)cc1. The summed E-state index contributed by atoms with van der Waals surface area (Å²) in [7, 11) is 0. The van der Waals surface area contributed by atoms with Gasteiger partial charge < -0.3 is 14.2 Å². The van der Waals surface area contributed by atoms with E-state index in [1.807, 2.05) is 47.6 Å². The Balaban J connectivity index is 1.68. The number of benzene rings is 1. The van der Waals surface area contributed by atoms with Crippen LogP contribution in [0.2, 0.25) is 5.02 Å². The smallest absolute Gasteiger partial charge is 0.233 e. The van der Waals surface area contributed by atoms with Crippen LogP contribution in [0, 0.1) is 0 Å². The van der Waals surface area contributed by atoms with E-state index in [4.69, 9.17) is 16.3 Å². The summed E-state index contributed by atoms with van der Waals surface area (Å²) >= 11 is 7.37. The van der Waals surface area contributed by atoms with Crippen molar-refractivity contribution in [2.24, 2.45) is 0 Å². The largest absolute Gasteiger partial charge is 0.375 e. The van der Waals surface area contributed by atoms with E-state index in [0.717, 1.165) is 23.1 Å². The minimum absolute atomic E-state index is 0.0958. The third kappa shape index (κ3) is 4.34. The van der Waals surface area contributed by atoms with Crippen LogP contribution in [0.3, 0.4) is 0 Å². The van der Waals surface area contributed by atoms with Crippen LogP contribution in [-0.2, 0) is 16.1 Å². The van der Waals surface area contributed by atoms with Gasteiger partial charge in [-0.3, -0.25) is 4.79 Å². The number of hydrogen-bond acceptors (Lipinski definition) is 5. The molecule has 2 heterocycles. The van der Waals surface area contributed by atoms with Crippen molar-refractivity contribution in [3.8, 4) is 11.4 Å². The van der Waals surface area contributed by atoms with E-state index in [-0.39, 0.29) is 12.0 Å². The summed E-state index contributed by atoms with van der Waals surface area (Å²) in [5.74, 6) is 1.25. The third-order valence-electron chi connectivity index (χ3n) is 4.05. The first-order chi connectivity index (χ1) is 12.1. The van der Waals surface area contributed by atoms with Gasteiger partial charge in [0.05, 0.1) is 18.5 Å².